The average molecular weight is 371 g/mol. The summed E-state index contributed by atoms with van der Waals surface area (Å²) in [4.78, 5) is 16.4. The van der Waals surface area contributed by atoms with Crippen molar-refractivity contribution in [1.82, 2.24) is 4.90 Å². The highest BCUT2D eigenvalue weighted by Gasteiger charge is 2.23. The van der Waals surface area contributed by atoms with E-state index in [-0.39, 0.29) is 6.03 Å². The van der Waals surface area contributed by atoms with Crippen molar-refractivity contribution in [1.29, 1.82) is 5.26 Å². The van der Waals surface area contributed by atoms with E-state index in [4.69, 9.17) is 21.6 Å². The van der Waals surface area contributed by atoms with E-state index in [1.54, 1.807) is 42.3 Å². The topological polar surface area (TPSA) is 68.6 Å². The van der Waals surface area contributed by atoms with Crippen LogP contribution in [-0.2, 0) is 0 Å². The number of ether oxygens (including phenoxy) is 1. The lowest BCUT2D eigenvalue weighted by Crippen LogP contribution is -2.50. The number of carbonyl (C=O) groups is 1. The Morgan fingerprint density at radius 1 is 1.19 bits per heavy atom. The third kappa shape index (κ3) is 3.84. The number of amides is 2. The number of anilines is 2. The van der Waals surface area contributed by atoms with Gasteiger partial charge in [0.1, 0.15) is 11.8 Å². The second kappa shape index (κ2) is 7.98. The van der Waals surface area contributed by atoms with Crippen LogP contribution in [0.15, 0.2) is 42.5 Å². The van der Waals surface area contributed by atoms with Crippen molar-refractivity contribution in [3.63, 3.8) is 0 Å². The highest BCUT2D eigenvalue weighted by Crippen LogP contribution is 2.31. The standard InChI is InChI=1S/C19H19ClN4O2/c1-26-18-7-6-15(20)12-17(18)23-8-10-24(11-9-23)19(25)22-16-5-3-2-4-14(16)13-21/h2-7,12H,8-11H2,1H3,(H,22,25). The highest BCUT2D eigenvalue weighted by molar-refractivity contribution is 6.30. The zero-order valence-electron chi connectivity index (χ0n) is 14.4. The monoisotopic (exact) mass is 370 g/mol. The van der Waals surface area contributed by atoms with Gasteiger partial charge in [-0.25, -0.2) is 4.79 Å². The molecule has 1 N–H and O–H groups in total. The van der Waals surface area contributed by atoms with Gasteiger partial charge in [-0.05, 0) is 30.3 Å². The molecule has 0 aliphatic carbocycles. The van der Waals surface area contributed by atoms with Crippen molar-refractivity contribution < 1.29 is 9.53 Å². The number of nitrogens with zero attached hydrogens (tertiary/aromatic N) is 3. The number of hydrogen-bond acceptors (Lipinski definition) is 4. The summed E-state index contributed by atoms with van der Waals surface area (Å²) in [6, 6.07) is 14.4. The van der Waals surface area contributed by atoms with Gasteiger partial charge in [-0.1, -0.05) is 23.7 Å². The van der Waals surface area contributed by atoms with E-state index in [1.165, 1.54) is 0 Å². The second-order valence-electron chi connectivity index (χ2n) is 5.88. The normalized spacial score (nSPS) is 13.9. The molecule has 0 bridgehead atoms. The number of halogens is 1. The third-order valence-corrected chi connectivity index (χ3v) is 4.57. The first-order chi connectivity index (χ1) is 12.6. The zero-order valence-corrected chi connectivity index (χ0v) is 15.2. The van der Waals surface area contributed by atoms with E-state index in [2.05, 4.69) is 16.3 Å². The molecule has 1 fully saturated rings. The number of hydrogen-bond donors (Lipinski definition) is 1. The number of nitriles is 1. The third-order valence-electron chi connectivity index (χ3n) is 4.34. The lowest BCUT2D eigenvalue weighted by atomic mass is 10.2. The predicted molar refractivity (Wildman–Crippen MR) is 102 cm³/mol. The van der Waals surface area contributed by atoms with Crippen LogP contribution in [0.5, 0.6) is 5.75 Å². The molecule has 2 amide bonds. The van der Waals surface area contributed by atoms with Crippen LogP contribution in [0.4, 0.5) is 16.2 Å². The Balaban J connectivity index is 1.64. The van der Waals surface area contributed by atoms with Crippen LogP contribution in [0.25, 0.3) is 0 Å². The van der Waals surface area contributed by atoms with E-state index in [9.17, 15) is 4.79 Å². The van der Waals surface area contributed by atoms with Crippen molar-refractivity contribution >= 4 is 29.0 Å². The molecular weight excluding hydrogens is 352 g/mol. The van der Waals surface area contributed by atoms with Gasteiger partial charge in [-0.2, -0.15) is 5.26 Å². The van der Waals surface area contributed by atoms with Crippen LogP contribution in [0, 0.1) is 11.3 Å². The fraction of sp³-hybridized carbons (Fsp3) is 0.263. The van der Waals surface area contributed by atoms with Crippen LogP contribution < -0.4 is 15.0 Å². The quantitative estimate of drug-likeness (QED) is 0.896. The van der Waals surface area contributed by atoms with Crippen molar-refractivity contribution in [2.24, 2.45) is 0 Å². The number of methoxy groups -OCH3 is 1. The summed E-state index contributed by atoms with van der Waals surface area (Å²) in [7, 11) is 1.63. The van der Waals surface area contributed by atoms with E-state index in [0.29, 0.717) is 42.5 Å². The molecule has 26 heavy (non-hydrogen) atoms. The molecule has 1 heterocycles. The number of rotatable bonds is 3. The number of carbonyl (C=O) groups excluding carboxylic acids is 1. The van der Waals surface area contributed by atoms with Crippen LogP contribution in [0.2, 0.25) is 5.02 Å². The Hall–Kier alpha value is -2.91. The molecular formula is C19H19ClN4O2. The van der Waals surface area contributed by atoms with Gasteiger partial charge in [0.15, 0.2) is 0 Å². The fourth-order valence-corrected chi connectivity index (χ4v) is 3.11. The van der Waals surface area contributed by atoms with Gasteiger partial charge >= 0.3 is 6.03 Å². The van der Waals surface area contributed by atoms with Gasteiger partial charge in [-0.15, -0.1) is 0 Å². The molecule has 2 aromatic carbocycles. The predicted octanol–water partition coefficient (Wildman–Crippen LogP) is 3.57. The summed E-state index contributed by atoms with van der Waals surface area (Å²) in [6.45, 7) is 2.47. The lowest BCUT2D eigenvalue weighted by molar-refractivity contribution is 0.208. The SMILES string of the molecule is COc1ccc(Cl)cc1N1CCN(C(=O)Nc2ccccc2C#N)CC1. The van der Waals surface area contributed by atoms with Gasteiger partial charge in [0.2, 0.25) is 0 Å². The maximum atomic E-state index is 12.5. The molecule has 0 saturated carbocycles. The molecule has 0 unspecified atom stereocenters. The fourth-order valence-electron chi connectivity index (χ4n) is 2.94. The van der Waals surface area contributed by atoms with Crippen LogP contribution in [0.1, 0.15) is 5.56 Å². The number of nitrogens with one attached hydrogen (secondary N) is 1. The van der Waals surface area contributed by atoms with Gasteiger partial charge < -0.3 is 19.9 Å². The van der Waals surface area contributed by atoms with Crippen molar-refractivity contribution in [3.05, 3.63) is 53.1 Å². The number of urea groups is 1. The minimum absolute atomic E-state index is 0.203. The highest BCUT2D eigenvalue weighted by atomic mass is 35.5. The molecule has 7 heteroatoms. The van der Waals surface area contributed by atoms with Crippen LogP contribution in [-0.4, -0.2) is 44.2 Å². The number of para-hydroxylation sites is 1. The molecule has 1 aliphatic heterocycles. The second-order valence-corrected chi connectivity index (χ2v) is 6.31. The molecule has 0 aromatic heterocycles. The average Bonchev–Trinajstić information content (AvgIpc) is 2.68. The molecule has 134 valence electrons. The summed E-state index contributed by atoms with van der Waals surface area (Å²) in [6.07, 6.45) is 0. The Morgan fingerprint density at radius 2 is 1.92 bits per heavy atom. The Kier molecular flexibility index (Phi) is 5.49. The first kappa shape index (κ1) is 17.9. The Labute approximate surface area is 157 Å². The van der Waals surface area contributed by atoms with Crippen molar-refractivity contribution in [2.75, 3.05) is 43.5 Å². The van der Waals surface area contributed by atoms with Gasteiger partial charge in [0.25, 0.3) is 0 Å². The number of benzene rings is 2. The van der Waals surface area contributed by atoms with Crippen molar-refractivity contribution in [2.45, 2.75) is 0 Å². The largest absolute Gasteiger partial charge is 0.495 e. The Morgan fingerprint density at radius 3 is 2.62 bits per heavy atom. The van der Waals surface area contributed by atoms with Gasteiger partial charge in [-0.3, -0.25) is 0 Å². The minimum atomic E-state index is -0.203. The van der Waals surface area contributed by atoms with Gasteiger partial charge in [0, 0.05) is 31.2 Å². The maximum Gasteiger partial charge on any atom is 0.322 e. The summed E-state index contributed by atoms with van der Waals surface area (Å²) in [5.41, 5.74) is 1.90. The molecule has 1 aliphatic rings. The molecule has 0 radical (unpaired) electrons. The van der Waals surface area contributed by atoms with Crippen LogP contribution >= 0.6 is 11.6 Å². The first-order valence-electron chi connectivity index (χ1n) is 8.26. The van der Waals surface area contributed by atoms with Crippen molar-refractivity contribution in [3.8, 4) is 11.8 Å². The Bertz CT molecular complexity index is 842. The van der Waals surface area contributed by atoms with E-state index in [0.717, 1.165) is 11.4 Å². The summed E-state index contributed by atoms with van der Waals surface area (Å²) >= 11 is 6.11. The van der Waals surface area contributed by atoms with E-state index >= 15 is 0 Å². The number of piperazine rings is 1. The summed E-state index contributed by atoms with van der Waals surface area (Å²) < 4.78 is 5.41. The summed E-state index contributed by atoms with van der Waals surface area (Å²) in [5, 5.41) is 12.6. The molecule has 2 aromatic rings. The molecule has 3 rings (SSSR count). The molecule has 6 nitrogen and oxygen atoms in total. The zero-order chi connectivity index (χ0) is 18.5. The maximum absolute atomic E-state index is 12.5. The van der Waals surface area contributed by atoms with E-state index in [1.807, 2.05) is 12.1 Å². The smallest absolute Gasteiger partial charge is 0.322 e. The molecule has 0 spiro atoms. The van der Waals surface area contributed by atoms with Crippen LogP contribution in [0.3, 0.4) is 0 Å². The van der Waals surface area contributed by atoms with E-state index < -0.39 is 0 Å². The lowest BCUT2D eigenvalue weighted by Gasteiger charge is -2.36. The molecule has 0 atom stereocenters. The first-order valence-corrected chi connectivity index (χ1v) is 8.63. The summed E-state index contributed by atoms with van der Waals surface area (Å²) in [5.74, 6) is 0.759. The minimum Gasteiger partial charge on any atom is -0.495 e. The van der Waals surface area contributed by atoms with Gasteiger partial charge in [0.05, 0.1) is 24.0 Å². The molecule has 1 saturated heterocycles.